The van der Waals surface area contributed by atoms with Crippen molar-refractivity contribution in [3.05, 3.63) is 29.1 Å². The van der Waals surface area contributed by atoms with Crippen molar-refractivity contribution in [1.82, 2.24) is 10.0 Å². The van der Waals surface area contributed by atoms with E-state index in [2.05, 4.69) is 10.0 Å². The summed E-state index contributed by atoms with van der Waals surface area (Å²) in [4.78, 5) is 0.182. The molecule has 4 nitrogen and oxygen atoms in total. The molecule has 106 valence electrons. The van der Waals surface area contributed by atoms with Crippen molar-refractivity contribution < 1.29 is 12.8 Å². The summed E-state index contributed by atoms with van der Waals surface area (Å²) in [5.74, 6) is -0.414. The van der Waals surface area contributed by atoms with Gasteiger partial charge in [0.05, 0.1) is 4.90 Å². The van der Waals surface area contributed by atoms with Crippen LogP contribution < -0.4 is 10.0 Å². The first-order valence-corrected chi connectivity index (χ1v) is 7.73. The molecule has 1 atom stereocenters. The third kappa shape index (κ3) is 2.96. The number of halogens is 1. The molecule has 0 bridgehead atoms. The van der Waals surface area contributed by atoms with Crippen LogP contribution in [0.5, 0.6) is 0 Å². The second-order valence-corrected chi connectivity index (χ2v) is 7.08. The Bertz CT molecular complexity index is 570. The molecule has 1 fully saturated rings. The molecule has 1 unspecified atom stereocenters. The number of aryl methyl sites for hydroxylation is 2. The molecular weight excluding hydrogens is 267 g/mol. The predicted octanol–water partition coefficient (Wildman–Crippen LogP) is 1.47. The SMILES string of the molecule is Cc1cc(F)cc(C)c1S(=O)(=O)NC1(C)CCNC1. The van der Waals surface area contributed by atoms with Gasteiger partial charge in [0.1, 0.15) is 5.82 Å². The summed E-state index contributed by atoms with van der Waals surface area (Å²) < 4.78 is 41.0. The molecule has 6 heteroatoms. The van der Waals surface area contributed by atoms with Gasteiger partial charge in [-0.15, -0.1) is 0 Å². The first-order valence-electron chi connectivity index (χ1n) is 6.25. The second-order valence-electron chi connectivity index (χ2n) is 5.46. The minimum absolute atomic E-state index is 0.182. The average molecular weight is 286 g/mol. The Balaban J connectivity index is 2.40. The summed E-state index contributed by atoms with van der Waals surface area (Å²) in [6, 6.07) is 2.49. The molecule has 1 aliphatic rings. The molecule has 0 amide bonds. The lowest BCUT2D eigenvalue weighted by molar-refractivity contribution is 0.451. The maximum Gasteiger partial charge on any atom is 0.241 e. The Morgan fingerprint density at radius 3 is 2.37 bits per heavy atom. The summed E-state index contributed by atoms with van der Waals surface area (Å²) in [7, 11) is -3.64. The summed E-state index contributed by atoms with van der Waals surface area (Å²) in [6.45, 7) is 6.49. The zero-order valence-electron chi connectivity index (χ0n) is 11.4. The summed E-state index contributed by atoms with van der Waals surface area (Å²) in [5.41, 5.74) is 0.380. The first-order chi connectivity index (χ1) is 8.73. The van der Waals surface area contributed by atoms with Crippen LogP contribution in [0, 0.1) is 19.7 Å². The van der Waals surface area contributed by atoms with Crippen LogP contribution in [-0.4, -0.2) is 27.0 Å². The molecule has 0 aliphatic carbocycles. The topological polar surface area (TPSA) is 58.2 Å². The standard InChI is InChI=1S/C13H19FN2O2S/c1-9-6-11(14)7-10(2)12(9)19(17,18)16-13(3)4-5-15-8-13/h6-7,15-16H,4-5,8H2,1-3H3. The lowest BCUT2D eigenvalue weighted by Gasteiger charge is -2.25. The number of rotatable bonds is 3. The fraction of sp³-hybridized carbons (Fsp3) is 0.538. The first kappa shape index (κ1) is 14.4. The number of hydrogen-bond donors (Lipinski definition) is 2. The Kier molecular flexibility index (Phi) is 3.68. The van der Waals surface area contributed by atoms with Gasteiger partial charge in [0.15, 0.2) is 0 Å². The summed E-state index contributed by atoms with van der Waals surface area (Å²) in [6.07, 6.45) is 0.742. The van der Waals surface area contributed by atoms with Crippen molar-refractivity contribution in [1.29, 1.82) is 0 Å². The van der Waals surface area contributed by atoms with Crippen molar-refractivity contribution in [3.8, 4) is 0 Å². The minimum Gasteiger partial charge on any atom is -0.315 e. The Morgan fingerprint density at radius 2 is 1.89 bits per heavy atom. The highest BCUT2D eigenvalue weighted by atomic mass is 32.2. The molecular formula is C13H19FN2O2S. The van der Waals surface area contributed by atoms with Gasteiger partial charge in [0, 0.05) is 12.1 Å². The molecule has 1 aliphatic heterocycles. The van der Waals surface area contributed by atoms with E-state index in [1.54, 1.807) is 13.8 Å². The Morgan fingerprint density at radius 1 is 1.32 bits per heavy atom. The maximum absolute atomic E-state index is 13.3. The predicted molar refractivity (Wildman–Crippen MR) is 72.1 cm³/mol. The van der Waals surface area contributed by atoms with Gasteiger partial charge >= 0.3 is 0 Å². The van der Waals surface area contributed by atoms with Gasteiger partial charge < -0.3 is 5.32 Å². The van der Waals surface area contributed by atoms with E-state index in [1.165, 1.54) is 12.1 Å². The molecule has 0 spiro atoms. The number of sulfonamides is 1. The van der Waals surface area contributed by atoms with E-state index >= 15 is 0 Å². The maximum atomic E-state index is 13.3. The van der Waals surface area contributed by atoms with E-state index in [0.29, 0.717) is 17.7 Å². The van der Waals surface area contributed by atoms with Crippen LogP contribution in [0.15, 0.2) is 17.0 Å². The normalized spacial score (nSPS) is 23.8. The van der Waals surface area contributed by atoms with Crippen molar-refractivity contribution in [3.63, 3.8) is 0 Å². The molecule has 19 heavy (non-hydrogen) atoms. The molecule has 1 aromatic rings. The van der Waals surface area contributed by atoms with Crippen LogP contribution in [0.25, 0.3) is 0 Å². The van der Waals surface area contributed by atoms with Crippen LogP contribution in [-0.2, 0) is 10.0 Å². The molecule has 0 aromatic heterocycles. The van der Waals surface area contributed by atoms with Gasteiger partial charge in [-0.05, 0) is 57.0 Å². The van der Waals surface area contributed by atoms with Gasteiger partial charge in [0.25, 0.3) is 0 Å². The minimum atomic E-state index is -3.64. The van der Waals surface area contributed by atoms with Crippen molar-refractivity contribution >= 4 is 10.0 Å². The molecule has 1 heterocycles. The van der Waals surface area contributed by atoms with Crippen LogP contribution in [0.2, 0.25) is 0 Å². The summed E-state index contributed by atoms with van der Waals surface area (Å²) >= 11 is 0. The molecule has 2 N–H and O–H groups in total. The fourth-order valence-corrected chi connectivity index (χ4v) is 4.49. The van der Waals surface area contributed by atoms with Gasteiger partial charge in [0.2, 0.25) is 10.0 Å². The van der Waals surface area contributed by atoms with Gasteiger partial charge in [-0.3, -0.25) is 0 Å². The second kappa shape index (κ2) is 4.85. The van der Waals surface area contributed by atoms with E-state index < -0.39 is 21.4 Å². The number of hydrogen-bond acceptors (Lipinski definition) is 3. The van der Waals surface area contributed by atoms with E-state index in [1.807, 2.05) is 6.92 Å². The Labute approximate surface area is 113 Å². The van der Waals surface area contributed by atoms with Crippen LogP contribution in [0.1, 0.15) is 24.5 Å². The highest BCUT2D eigenvalue weighted by molar-refractivity contribution is 7.89. The van der Waals surface area contributed by atoms with Gasteiger partial charge in [-0.25, -0.2) is 17.5 Å². The van der Waals surface area contributed by atoms with Crippen LogP contribution >= 0.6 is 0 Å². The van der Waals surface area contributed by atoms with Gasteiger partial charge in [-0.2, -0.15) is 0 Å². The largest absolute Gasteiger partial charge is 0.315 e. The van der Waals surface area contributed by atoms with E-state index in [0.717, 1.165) is 13.0 Å². The van der Waals surface area contributed by atoms with E-state index in [-0.39, 0.29) is 4.90 Å². The van der Waals surface area contributed by atoms with Gasteiger partial charge in [-0.1, -0.05) is 0 Å². The van der Waals surface area contributed by atoms with E-state index in [4.69, 9.17) is 0 Å². The number of nitrogens with one attached hydrogen (secondary N) is 2. The van der Waals surface area contributed by atoms with Crippen LogP contribution in [0.3, 0.4) is 0 Å². The zero-order chi connectivity index (χ0) is 14.3. The quantitative estimate of drug-likeness (QED) is 0.885. The number of benzene rings is 1. The fourth-order valence-electron chi connectivity index (χ4n) is 2.60. The van der Waals surface area contributed by atoms with E-state index in [9.17, 15) is 12.8 Å². The smallest absolute Gasteiger partial charge is 0.241 e. The molecule has 1 saturated heterocycles. The highest BCUT2D eigenvalue weighted by Crippen LogP contribution is 2.24. The highest BCUT2D eigenvalue weighted by Gasteiger charge is 2.34. The molecule has 0 saturated carbocycles. The lowest BCUT2D eigenvalue weighted by Crippen LogP contribution is -2.47. The molecule has 2 rings (SSSR count). The molecule has 1 aromatic carbocycles. The average Bonchev–Trinajstić information content (AvgIpc) is 2.60. The molecule has 0 radical (unpaired) electrons. The Hall–Kier alpha value is -0.980. The third-order valence-corrected chi connectivity index (χ3v) is 5.39. The zero-order valence-corrected chi connectivity index (χ0v) is 12.2. The van der Waals surface area contributed by atoms with Crippen LogP contribution in [0.4, 0.5) is 4.39 Å². The van der Waals surface area contributed by atoms with Crippen molar-refractivity contribution in [2.45, 2.75) is 37.6 Å². The van der Waals surface area contributed by atoms with Crippen molar-refractivity contribution in [2.24, 2.45) is 0 Å². The van der Waals surface area contributed by atoms with Crippen molar-refractivity contribution in [2.75, 3.05) is 13.1 Å². The summed E-state index contributed by atoms with van der Waals surface area (Å²) in [5, 5.41) is 3.14. The monoisotopic (exact) mass is 286 g/mol. The lowest BCUT2D eigenvalue weighted by atomic mass is 10.0. The third-order valence-electron chi connectivity index (χ3n) is 3.44.